The maximum atomic E-state index is 12.3. The van der Waals surface area contributed by atoms with Crippen molar-refractivity contribution in [2.24, 2.45) is 12.8 Å². The minimum absolute atomic E-state index is 0.111. The molecule has 8 heteroatoms. The van der Waals surface area contributed by atoms with Crippen LogP contribution < -0.4 is 10.5 Å². The maximum absolute atomic E-state index is 12.3. The summed E-state index contributed by atoms with van der Waals surface area (Å²) < 4.78 is 28.9. The van der Waals surface area contributed by atoms with E-state index in [-0.39, 0.29) is 16.9 Å². The molecular formula is C13H20N4O2S2. The molecule has 0 amide bonds. The van der Waals surface area contributed by atoms with E-state index in [0.29, 0.717) is 5.13 Å². The highest BCUT2D eigenvalue weighted by Gasteiger charge is 2.22. The molecule has 0 fully saturated rings. The van der Waals surface area contributed by atoms with Crippen LogP contribution in [0.4, 0.5) is 5.13 Å². The Balaban J connectivity index is 2.27. The van der Waals surface area contributed by atoms with Gasteiger partial charge in [-0.1, -0.05) is 20.8 Å². The van der Waals surface area contributed by atoms with Gasteiger partial charge in [0.1, 0.15) is 4.90 Å². The van der Waals surface area contributed by atoms with Crippen molar-refractivity contribution in [3.63, 3.8) is 0 Å². The van der Waals surface area contributed by atoms with Gasteiger partial charge in [0.2, 0.25) is 0 Å². The highest BCUT2D eigenvalue weighted by Crippen LogP contribution is 2.28. The molecule has 0 saturated heterocycles. The smallest absolute Gasteiger partial charge is 0.265 e. The number of aryl methyl sites for hydroxylation is 1. The fourth-order valence-electron chi connectivity index (χ4n) is 1.77. The molecule has 2 aromatic rings. The van der Waals surface area contributed by atoms with E-state index in [9.17, 15) is 8.42 Å². The third-order valence-electron chi connectivity index (χ3n) is 3.10. The Bertz CT molecular complexity index is 739. The predicted octanol–water partition coefficient (Wildman–Crippen LogP) is 2.04. The number of sulfonamides is 1. The van der Waals surface area contributed by atoms with Crippen molar-refractivity contribution in [1.29, 1.82) is 0 Å². The molecule has 3 N–H and O–H groups in total. The molecule has 21 heavy (non-hydrogen) atoms. The van der Waals surface area contributed by atoms with Crippen LogP contribution in [0.15, 0.2) is 22.5 Å². The number of nitrogens with zero attached hydrogens (tertiary/aromatic N) is 2. The van der Waals surface area contributed by atoms with Crippen LogP contribution in [0.3, 0.4) is 0 Å². The molecule has 0 aliphatic heterocycles. The number of rotatable bonds is 4. The molecule has 116 valence electrons. The van der Waals surface area contributed by atoms with E-state index in [4.69, 9.17) is 5.73 Å². The first-order valence-corrected chi connectivity index (χ1v) is 8.84. The fraction of sp³-hybridized carbons (Fsp3) is 0.462. The van der Waals surface area contributed by atoms with Crippen molar-refractivity contribution in [3.8, 4) is 0 Å². The van der Waals surface area contributed by atoms with E-state index < -0.39 is 10.0 Å². The van der Waals surface area contributed by atoms with E-state index in [1.807, 2.05) is 26.2 Å². The third-order valence-corrected chi connectivity index (χ3v) is 5.29. The second-order valence-corrected chi connectivity index (χ2v) is 8.42. The first-order chi connectivity index (χ1) is 9.63. The largest absolute Gasteiger partial charge is 0.352 e. The number of nitrogens with one attached hydrogen (secondary N) is 1. The van der Waals surface area contributed by atoms with E-state index >= 15 is 0 Å². The van der Waals surface area contributed by atoms with E-state index in [1.165, 1.54) is 11.3 Å². The van der Waals surface area contributed by atoms with Crippen LogP contribution in [0.5, 0.6) is 0 Å². The van der Waals surface area contributed by atoms with Crippen molar-refractivity contribution in [2.75, 3.05) is 4.72 Å². The molecule has 0 atom stereocenters. The number of hydrogen-bond donors (Lipinski definition) is 2. The number of anilines is 1. The molecule has 0 aromatic carbocycles. The summed E-state index contributed by atoms with van der Waals surface area (Å²) in [7, 11) is -1.87. The van der Waals surface area contributed by atoms with Crippen LogP contribution in [0.1, 0.15) is 32.2 Å². The van der Waals surface area contributed by atoms with Gasteiger partial charge in [-0.2, -0.15) is 0 Å². The van der Waals surface area contributed by atoms with E-state index in [1.54, 1.807) is 23.9 Å². The molecular weight excluding hydrogens is 308 g/mol. The third kappa shape index (κ3) is 3.45. The van der Waals surface area contributed by atoms with Gasteiger partial charge in [-0.05, 0) is 6.07 Å². The van der Waals surface area contributed by atoms with Crippen LogP contribution in [0.25, 0.3) is 0 Å². The van der Waals surface area contributed by atoms with Gasteiger partial charge in [-0.25, -0.2) is 13.4 Å². The monoisotopic (exact) mass is 328 g/mol. The quantitative estimate of drug-likeness (QED) is 0.898. The van der Waals surface area contributed by atoms with Crippen molar-refractivity contribution in [3.05, 3.63) is 29.0 Å². The summed E-state index contributed by atoms with van der Waals surface area (Å²) in [6.07, 6.45) is 1.54. The van der Waals surface area contributed by atoms with Crippen molar-refractivity contribution in [1.82, 2.24) is 9.55 Å². The lowest BCUT2D eigenvalue weighted by Crippen LogP contribution is -2.14. The lowest BCUT2D eigenvalue weighted by atomic mass is 9.93. The van der Waals surface area contributed by atoms with Gasteiger partial charge in [0, 0.05) is 36.3 Å². The molecule has 0 radical (unpaired) electrons. The Morgan fingerprint density at radius 1 is 1.43 bits per heavy atom. The summed E-state index contributed by atoms with van der Waals surface area (Å²) >= 11 is 1.28. The lowest BCUT2D eigenvalue weighted by molar-refractivity contribution is 0.573. The zero-order chi connectivity index (χ0) is 15.8. The normalized spacial score (nSPS) is 12.6. The van der Waals surface area contributed by atoms with Gasteiger partial charge in [0.15, 0.2) is 5.13 Å². The van der Waals surface area contributed by atoms with Gasteiger partial charge in [-0.15, -0.1) is 11.3 Å². The first-order valence-electron chi connectivity index (χ1n) is 6.47. The average Bonchev–Trinajstić information content (AvgIpc) is 2.94. The van der Waals surface area contributed by atoms with E-state index in [2.05, 4.69) is 9.71 Å². The van der Waals surface area contributed by atoms with Gasteiger partial charge in [-0.3, -0.25) is 4.72 Å². The Morgan fingerprint density at radius 2 is 2.10 bits per heavy atom. The SMILES string of the molecule is Cn1cc(S(=O)(=O)Nc2nc(C(C)(C)C)cs2)cc1CN. The van der Waals surface area contributed by atoms with Crippen LogP contribution in [-0.2, 0) is 29.0 Å². The van der Waals surface area contributed by atoms with Crippen LogP contribution in [0, 0.1) is 0 Å². The summed E-state index contributed by atoms with van der Waals surface area (Å²) in [5.41, 5.74) is 7.07. The van der Waals surface area contributed by atoms with Crippen molar-refractivity contribution in [2.45, 2.75) is 37.6 Å². The first kappa shape index (κ1) is 16.0. The molecule has 0 aliphatic carbocycles. The summed E-state index contributed by atoms with van der Waals surface area (Å²) in [6.45, 7) is 6.39. The Labute approximate surface area is 129 Å². The predicted molar refractivity (Wildman–Crippen MR) is 84.9 cm³/mol. The Kier molecular flexibility index (Phi) is 4.14. The van der Waals surface area contributed by atoms with Crippen LogP contribution >= 0.6 is 11.3 Å². The Morgan fingerprint density at radius 3 is 2.57 bits per heavy atom. The van der Waals surface area contributed by atoms with Gasteiger partial charge in [0.25, 0.3) is 10.0 Å². The standard InChI is InChI=1S/C13H20N4O2S2/c1-13(2,3)11-8-20-12(15-11)16-21(18,19)10-5-9(6-14)17(4)7-10/h5,7-8H,6,14H2,1-4H3,(H,15,16). The average molecular weight is 328 g/mol. The zero-order valence-corrected chi connectivity index (χ0v) is 14.2. The molecule has 0 spiro atoms. The molecule has 0 unspecified atom stereocenters. The summed E-state index contributed by atoms with van der Waals surface area (Å²) in [5.74, 6) is 0. The van der Waals surface area contributed by atoms with Crippen molar-refractivity contribution >= 4 is 26.5 Å². The molecule has 0 aliphatic rings. The molecule has 0 bridgehead atoms. The highest BCUT2D eigenvalue weighted by atomic mass is 32.2. The fourth-order valence-corrected chi connectivity index (χ4v) is 4.05. The number of nitrogens with two attached hydrogens (primary N) is 1. The summed E-state index contributed by atoms with van der Waals surface area (Å²) in [6, 6.07) is 1.57. The van der Waals surface area contributed by atoms with Gasteiger partial charge >= 0.3 is 0 Å². The number of aromatic nitrogens is 2. The molecule has 2 rings (SSSR count). The van der Waals surface area contributed by atoms with Gasteiger partial charge in [0.05, 0.1) is 5.69 Å². The molecule has 2 heterocycles. The van der Waals surface area contributed by atoms with Crippen molar-refractivity contribution < 1.29 is 8.42 Å². The second-order valence-electron chi connectivity index (χ2n) is 5.88. The van der Waals surface area contributed by atoms with Crippen LogP contribution in [-0.4, -0.2) is 18.0 Å². The molecule has 0 saturated carbocycles. The maximum Gasteiger partial charge on any atom is 0.265 e. The van der Waals surface area contributed by atoms with Gasteiger partial charge < -0.3 is 10.3 Å². The lowest BCUT2D eigenvalue weighted by Gasteiger charge is -2.14. The number of thiazole rings is 1. The number of hydrogen-bond acceptors (Lipinski definition) is 5. The summed E-state index contributed by atoms with van der Waals surface area (Å²) in [5, 5.41) is 2.24. The summed E-state index contributed by atoms with van der Waals surface area (Å²) in [4.78, 5) is 4.53. The minimum Gasteiger partial charge on any atom is -0.352 e. The Hall–Kier alpha value is -1.38. The van der Waals surface area contributed by atoms with E-state index in [0.717, 1.165) is 11.4 Å². The highest BCUT2D eigenvalue weighted by molar-refractivity contribution is 7.93. The minimum atomic E-state index is -3.64. The molecule has 6 nitrogen and oxygen atoms in total. The second kappa shape index (κ2) is 5.43. The topological polar surface area (TPSA) is 90.0 Å². The molecule has 2 aromatic heterocycles. The van der Waals surface area contributed by atoms with Crippen LogP contribution in [0.2, 0.25) is 0 Å². The zero-order valence-electron chi connectivity index (χ0n) is 12.5.